The zero-order valence-electron chi connectivity index (χ0n) is 8.59. The van der Waals surface area contributed by atoms with E-state index in [1.807, 2.05) is 12.1 Å². The molecule has 2 rings (SSSR count). The van der Waals surface area contributed by atoms with Crippen LogP contribution in [0.2, 0.25) is 0 Å². The molecule has 0 bridgehead atoms. The molecule has 0 atom stereocenters. The lowest BCUT2D eigenvalue weighted by Crippen LogP contribution is -2.12. The summed E-state index contributed by atoms with van der Waals surface area (Å²) in [5.41, 5.74) is 2.41. The van der Waals surface area contributed by atoms with Crippen molar-refractivity contribution in [3.05, 3.63) is 17.7 Å². The molecular weight excluding hydrogens is 178 g/mol. The lowest BCUT2D eigenvalue weighted by atomic mass is 10.0. The molecule has 0 aliphatic carbocycles. The molecule has 1 aliphatic heterocycles. The molecule has 1 aromatic carbocycles. The lowest BCUT2D eigenvalue weighted by Gasteiger charge is -2.21. The first-order valence-corrected chi connectivity index (χ1v) is 4.84. The molecule has 0 radical (unpaired) electrons. The Kier molecular flexibility index (Phi) is 2.48. The van der Waals surface area contributed by atoms with Gasteiger partial charge in [0.15, 0.2) is 0 Å². The van der Waals surface area contributed by atoms with E-state index in [9.17, 15) is 0 Å². The molecule has 1 heterocycles. The first kappa shape index (κ1) is 9.19. The Labute approximate surface area is 84.0 Å². The van der Waals surface area contributed by atoms with Crippen molar-refractivity contribution in [3.8, 4) is 11.5 Å². The van der Waals surface area contributed by atoms with Crippen LogP contribution in [-0.2, 0) is 6.42 Å². The molecule has 14 heavy (non-hydrogen) atoms. The van der Waals surface area contributed by atoms with Crippen LogP contribution in [0.25, 0.3) is 0 Å². The highest BCUT2D eigenvalue weighted by molar-refractivity contribution is 5.62. The van der Waals surface area contributed by atoms with Crippen LogP contribution in [-0.4, -0.2) is 20.8 Å². The Balaban J connectivity index is 2.47. The smallest absolute Gasteiger partial charge is 0.127 e. The summed E-state index contributed by atoms with van der Waals surface area (Å²) in [5, 5.41) is 3.35. The van der Waals surface area contributed by atoms with Gasteiger partial charge in [0, 0.05) is 29.9 Å². The summed E-state index contributed by atoms with van der Waals surface area (Å²) in [5.74, 6) is 1.77. The number of rotatable bonds is 2. The molecule has 76 valence electrons. The molecule has 1 N–H and O–H groups in total. The van der Waals surface area contributed by atoms with Gasteiger partial charge < -0.3 is 14.8 Å². The summed E-state index contributed by atoms with van der Waals surface area (Å²) in [6, 6.07) is 3.96. The van der Waals surface area contributed by atoms with Crippen molar-refractivity contribution in [1.29, 1.82) is 0 Å². The van der Waals surface area contributed by atoms with Gasteiger partial charge in [-0.25, -0.2) is 0 Å². The third-order valence-electron chi connectivity index (χ3n) is 2.56. The predicted molar refractivity (Wildman–Crippen MR) is 56.4 cm³/mol. The van der Waals surface area contributed by atoms with E-state index in [0.717, 1.165) is 36.6 Å². The van der Waals surface area contributed by atoms with Crippen LogP contribution in [0.15, 0.2) is 12.1 Å². The second-order valence-corrected chi connectivity index (χ2v) is 3.39. The van der Waals surface area contributed by atoms with Gasteiger partial charge in [-0.3, -0.25) is 0 Å². The van der Waals surface area contributed by atoms with Gasteiger partial charge >= 0.3 is 0 Å². The van der Waals surface area contributed by atoms with Gasteiger partial charge in [0.25, 0.3) is 0 Å². The zero-order chi connectivity index (χ0) is 9.97. The number of benzene rings is 1. The van der Waals surface area contributed by atoms with E-state index in [4.69, 9.17) is 9.47 Å². The van der Waals surface area contributed by atoms with Gasteiger partial charge in [0.05, 0.1) is 14.2 Å². The minimum absolute atomic E-state index is 0.843. The molecule has 0 fully saturated rings. The van der Waals surface area contributed by atoms with Crippen LogP contribution >= 0.6 is 0 Å². The van der Waals surface area contributed by atoms with Gasteiger partial charge in [0.2, 0.25) is 0 Å². The highest BCUT2D eigenvalue weighted by Gasteiger charge is 2.14. The van der Waals surface area contributed by atoms with Crippen molar-refractivity contribution >= 4 is 5.69 Å². The first-order valence-electron chi connectivity index (χ1n) is 4.84. The number of ether oxygens (including phenoxy) is 2. The molecule has 0 aromatic heterocycles. The average Bonchev–Trinajstić information content (AvgIpc) is 2.27. The predicted octanol–water partition coefficient (Wildman–Crippen LogP) is 2.06. The summed E-state index contributed by atoms with van der Waals surface area (Å²) in [6.07, 6.45) is 2.24. The molecule has 0 saturated heterocycles. The fourth-order valence-electron chi connectivity index (χ4n) is 1.82. The molecule has 3 nitrogen and oxygen atoms in total. The Morgan fingerprint density at radius 2 is 2.07 bits per heavy atom. The summed E-state index contributed by atoms with van der Waals surface area (Å²) >= 11 is 0. The standard InChI is InChI=1S/C11H15NO2/c1-13-8-6-10-9(4-3-5-12-10)11(7-8)14-2/h6-7,12H,3-5H2,1-2H3. The summed E-state index contributed by atoms with van der Waals surface area (Å²) in [4.78, 5) is 0. The molecule has 3 heteroatoms. The van der Waals surface area contributed by atoms with Gasteiger partial charge in [-0.05, 0) is 12.8 Å². The van der Waals surface area contributed by atoms with E-state index in [1.165, 1.54) is 5.56 Å². The van der Waals surface area contributed by atoms with Gasteiger partial charge in [-0.2, -0.15) is 0 Å². The third-order valence-corrected chi connectivity index (χ3v) is 2.56. The Morgan fingerprint density at radius 3 is 2.79 bits per heavy atom. The zero-order valence-corrected chi connectivity index (χ0v) is 8.59. The van der Waals surface area contributed by atoms with E-state index in [2.05, 4.69) is 5.32 Å². The van der Waals surface area contributed by atoms with Crippen LogP contribution in [0.5, 0.6) is 11.5 Å². The topological polar surface area (TPSA) is 30.5 Å². The molecule has 1 aliphatic rings. The minimum Gasteiger partial charge on any atom is -0.497 e. The molecular formula is C11H15NO2. The Hall–Kier alpha value is -1.38. The van der Waals surface area contributed by atoms with E-state index < -0.39 is 0 Å². The van der Waals surface area contributed by atoms with Gasteiger partial charge in [0.1, 0.15) is 11.5 Å². The number of anilines is 1. The van der Waals surface area contributed by atoms with Crippen LogP contribution in [0, 0.1) is 0 Å². The van der Waals surface area contributed by atoms with Crippen LogP contribution in [0.1, 0.15) is 12.0 Å². The van der Waals surface area contributed by atoms with Crippen molar-refractivity contribution in [2.45, 2.75) is 12.8 Å². The largest absolute Gasteiger partial charge is 0.497 e. The van der Waals surface area contributed by atoms with Crippen LogP contribution < -0.4 is 14.8 Å². The third kappa shape index (κ3) is 1.50. The highest BCUT2D eigenvalue weighted by atomic mass is 16.5. The highest BCUT2D eigenvalue weighted by Crippen LogP contribution is 2.35. The van der Waals surface area contributed by atoms with E-state index in [0.29, 0.717) is 0 Å². The summed E-state index contributed by atoms with van der Waals surface area (Å²) in [6.45, 7) is 1.03. The maximum atomic E-state index is 5.34. The van der Waals surface area contributed by atoms with E-state index in [-0.39, 0.29) is 0 Å². The fourth-order valence-corrected chi connectivity index (χ4v) is 1.82. The second-order valence-electron chi connectivity index (χ2n) is 3.39. The number of hydrogen-bond acceptors (Lipinski definition) is 3. The number of fused-ring (bicyclic) bond motifs is 1. The van der Waals surface area contributed by atoms with Gasteiger partial charge in [-0.15, -0.1) is 0 Å². The fraction of sp³-hybridized carbons (Fsp3) is 0.455. The first-order chi connectivity index (χ1) is 6.85. The van der Waals surface area contributed by atoms with E-state index >= 15 is 0 Å². The average molecular weight is 193 g/mol. The van der Waals surface area contributed by atoms with Crippen molar-refractivity contribution in [2.75, 3.05) is 26.1 Å². The number of nitrogens with one attached hydrogen (secondary N) is 1. The minimum atomic E-state index is 0.843. The summed E-state index contributed by atoms with van der Waals surface area (Å²) < 4.78 is 10.5. The summed E-state index contributed by atoms with van der Waals surface area (Å²) in [7, 11) is 3.37. The second kappa shape index (κ2) is 3.78. The maximum Gasteiger partial charge on any atom is 0.127 e. The lowest BCUT2D eigenvalue weighted by molar-refractivity contribution is 0.390. The van der Waals surface area contributed by atoms with Crippen molar-refractivity contribution < 1.29 is 9.47 Å². The van der Waals surface area contributed by atoms with Crippen LogP contribution in [0.4, 0.5) is 5.69 Å². The molecule has 0 unspecified atom stereocenters. The van der Waals surface area contributed by atoms with Crippen molar-refractivity contribution in [3.63, 3.8) is 0 Å². The Bertz CT molecular complexity index is 319. The quantitative estimate of drug-likeness (QED) is 0.779. The van der Waals surface area contributed by atoms with Crippen molar-refractivity contribution in [2.24, 2.45) is 0 Å². The Morgan fingerprint density at radius 1 is 1.21 bits per heavy atom. The molecule has 1 aromatic rings. The number of hydrogen-bond donors (Lipinski definition) is 1. The SMILES string of the molecule is COc1cc2c(c(OC)c1)CCCN2. The normalized spacial score (nSPS) is 14.1. The van der Waals surface area contributed by atoms with Crippen LogP contribution in [0.3, 0.4) is 0 Å². The van der Waals surface area contributed by atoms with E-state index in [1.54, 1.807) is 14.2 Å². The monoisotopic (exact) mass is 193 g/mol. The van der Waals surface area contributed by atoms with Gasteiger partial charge in [-0.1, -0.05) is 0 Å². The number of methoxy groups -OCH3 is 2. The maximum absolute atomic E-state index is 5.34. The molecule has 0 amide bonds. The van der Waals surface area contributed by atoms with Crippen molar-refractivity contribution in [1.82, 2.24) is 0 Å². The molecule has 0 spiro atoms. The molecule has 0 saturated carbocycles.